The highest BCUT2D eigenvalue weighted by Crippen LogP contribution is 2.24. The zero-order valence-electron chi connectivity index (χ0n) is 12.5. The first-order valence-electron chi connectivity index (χ1n) is 7.23. The van der Waals surface area contributed by atoms with Crippen LogP contribution < -0.4 is 5.73 Å². The lowest BCUT2D eigenvalue weighted by atomic mass is 10.1. The van der Waals surface area contributed by atoms with Crippen LogP contribution in [0.15, 0.2) is 61.3 Å². The summed E-state index contributed by atoms with van der Waals surface area (Å²) >= 11 is 0. The van der Waals surface area contributed by atoms with Crippen molar-refractivity contribution in [2.45, 2.75) is 0 Å². The predicted molar refractivity (Wildman–Crippen MR) is 88.4 cm³/mol. The van der Waals surface area contributed by atoms with Gasteiger partial charge in [-0.2, -0.15) is 5.10 Å². The zero-order chi connectivity index (χ0) is 16.5. The molecule has 0 radical (unpaired) electrons. The average Bonchev–Trinajstić information content (AvgIpc) is 3.05. The monoisotopic (exact) mass is 316 g/mol. The number of aromatic nitrogens is 5. The Morgan fingerprint density at radius 1 is 1.04 bits per heavy atom. The van der Waals surface area contributed by atoms with Crippen LogP contribution >= 0.6 is 0 Å². The smallest absolute Gasteiger partial charge is 0.248 e. The lowest BCUT2D eigenvalue weighted by Crippen LogP contribution is -2.10. The van der Waals surface area contributed by atoms with E-state index in [9.17, 15) is 4.79 Å². The lowest BCUT2D eigenvalue weighted by Gasteiger charge is -2.05. The molecule has 0 spiro atoms. The third-order valence-corrected chi connectivity index (χ3v) is 3.69. The number of nitrogens with two attached hydrogens (primary N) is 1. The van der Waals surface area contributed by atoms with E-state index >= 15 is 0 Å². The molecule has 0 fully saturated rings. The van der Waals surface area contributed by atoms with Gasteiger partial charge >= 0.3 is 0 Å². The molecule has 1 aromatic carbocycles. The van der Waals surface area contributed by atoms with E-state index in [-0.39, 0.29) is 0 Å². The number of benzene rings is 1. The normalized spacial score (nSPS) is 10.8. The topological polar surface area (TPSA) is 99.6 Å². The average molecular weight is 316 g/mol. The van der Waals surface area contributed by atoms with Crippen molar-refractivity contribution in [1.29, 1.82) is 0 Å². The van der Waals surface area contributed by atoms with Crippen molar-refractivity contribution in [2.75, 3.05) is 0 Å². The van der Waals surface area contributed by atoms with Gasteiger partial charge in [0.1, 0.15) is 6.33 Å². The Balaban J connectivity index is 1.86. The largest absolute Gasteiger partial charge is 0.366 e. The van der Waals surface area contributed by atoms with Crippen LogP contribution in [-0.2, 0) is 0 Å². The first-order chi connectivity index (χ1) is 11.7. The van der Waals surface area contributed by atoms with Crippen LogP contribution in [0, 0.1) is 0 Å². The highest BCUT2D eigenvalue weighted by Gasteiger charge is 2.09. The van der Waals surface area contributed by atoms with E-state index in [4.69, 9.17) is 5.73 Å². The summed E-state index contributed by atoms with van der Waals surface area (Å²) in [6, 6.07) is 10.9. The van der Waals surface area contributed by atoms with Gasteiger partial charge in [-0.05, 0) is 18.2 Å². The maximum atomic E-state index is 11.4. The van der Waals surface area contributed by atoms with E-state index in [1.165, 1.54) is 6.33 Å². The van der Waals surface area contributed by atoms with Gasteiger partial charge in [0.2, 0.25) is 5.91 Å². The van der Waals surface area contributed by atoms with Crippen molar-refractivity contribution in [3.05, 3.63) is 66.9 Å². The highest BCUT2D eigenvalue weighted by atomic mass is 16.1. The van der Waals surface area contributed by atoms with E-state index in [1.54, 1.807) is 41.5 Å². The van der Waals surface area contributed by atoms with Crippen LogP contribution in [0.5, 0.6) is 0 Å². The summed E-state index contributed by atoms with van der Waals surface area (Å²) in [6.45, 7) is 0. The fourth-order valence-electron chi connectivity index (χ4n) is 2.51. The van der Waals surface area contributed by atoms with Gasteiger partial charge < -0.3 is 5.73 Å². The quantitative estimate of drug-likeness (QED) is 0.623. The second-order valence-electron chi connectivity index (χ2n) is 5.19. The number of hydrogen-bond acceptors (Lipinski definition) is 5. The summed E-state index contributed by atoms with van der Waals surface area (Å²) in [5.41, 5.74) is 8.18. The number of primary amides is 1. The Hall–Kier alpha value is -3.61. The summed E-state index contributed by atoms with van der Waals surface area (Å²) in [7, 11) is 0. The first-order valence-corrected chi connectivity index (χ1v) is 7.23. The Bertz CT molecular complexity index is 1040. The Morgan fingerprint density at radius 3 is 2.75 bits per heavy atom. The number of fused-ring (bicyclic) bond motifs is 1. The van der Waals surface area contributed by atoms with Gasteiger partial charge in [-0.1, -0.05) is 12.1 Å². The van der Waals surface area contributed by atoms with Gasteiger partial charge in [0.15, 0.2) is 5.82 Å². The molecule has 4 rings (SSSR count). The van der Waals surface area contributed by atoms with Crippen molar-refractivity contribution in [3.63, 3.8) is 0 Å². The van der Waals surface area contributed by atoms with Crippen molar-refractivity contribution >= 4 is 16.8 Å². The van der Waals surface area contributed by atoms with E-state index in [0.29, 0.717) is 17.1 Å². The summed E-state index contributed by atoms with van der Waals surface area (Å²) in [6.07, 6.45) is 6.48. The second kappa shape index (κ2) is 5.54. The summed E-state index contributed by atoms with van der Waals surface area (Å²) < 4.78 is 1.73. The number of pyridine rings is 1. The zero-order valence-corrected chi connectivity index (χ0v) is 12.5. The van der Waals surface area contributed by atoms with Crippen molar-refractivity contribution in [1.82, 2.24) is 24.7 Å². The number of amides is 1. The Kier molecular flexibility index (Phi) is 3.24. The van der Waals surface area contributed by atoms with Crippen LogP contribution in [0.2, 0.25) is 0 Å². The molecule has 0 aliphatic heterocycles. The second-order valence-corrected chi connectivity index (χ2v) is 5.19. The number of carbonyl (C=O) groups is 1. The van der Waals surface area contributed by atoms with Crippen LogP contribution in [0.25, 0.3) is 28.0 Å². The molecule has 116 valence electrons. The standard InChI is InChI=1S/C17H12N6O/c18-17(24)12-3-6-20-14(7-12)11-1-2-13-9-22-23(15(13)8-11)16-4-5-19-10-21-16/h1-10H,(H2,18,24). The van der Waals surface area contributed by atoms with E-state index in [2.05, 4.69) is 20.1 Å². The van der Waals surface area contributed by atoms with Gasteiger partial charge in [0, 0.05) is 35.0 Å². The molecule has 0 aliphatic carbocycles. The molecule has 24 heavy (non-hydrogen) atoms. The SMILES string of the molecule is NC(=O)c1ccnc(-c2ccc3cnn(-c4ccncn4)c3c2)c1. The highest BCUT2D eigenvalue weighted by molar-refractivity contribution is 5.94. The molecule has 7 nitrogen and oxygen atoms in total. The molecule has 0 unspecified atom stereocenters. The molecular formula is C17H12N6O. The fourth-order valence-corrected chi connectivity index (χ4v) is 2.51. The van der Waals surface area contributed by atoms with Crippen molar-refractivity contribution < 1.29 is 4.79 Å². The van der Waals surface area contributed by atoms with Crippen LogP contribution in [0.3, 0.4) is 0 Å². The number of nitrogens with zero attached hydrogens (tertiary/aromatic N) is 5. The molecule has 4 aromatic rings. The molecule has 3 aromatic heterocycles. The molecular weight excluding hydrogens is 304 g/mol. The van der Waals surface area contributed by atoms with Crippen molar-refractivity contribution in [3.8, 4) is 17.1 Å². The van der Waals surface area contributed by atoms with Gasteiger partial charge in [0.05, 0.1) is 17.4 Å². The van der Waals surface area contributed by atoms with Crippen LogP contribution in [0.4, 0.5) is 0 Å². The molecule has 7 heteroatoms. The lowest BCUT2D eigenvalue weighted by molar-refractivity contribution is 0.1000. The van der Waals surface area contributed by atoms with E-state index in [1.807, 2.05) is 18.2 Å². The van der Waals surface area contributed by atoms with Crippen LogP contribution in [-0.4, -0.2) is 30.6 Å². The Labute approximate surface area is 136 Å². The molecule has 0 aliphatic rings. The van der Waals surface area contributed by atoms with Gasteiger partial charge in [-0.15, -0.1) is 0 Å². The maximum absolute atomic E-state index is 11.4. The summed E-state index contributed by atoms with van der Waals surface area (Å²) in [5.74, 6) is 0.196. The fraction of sp³-hybridized carbons (Fsp3) is 0. The van der Waals surface area contributed by atoms with Crippen LogP contribution in [0.1, 0.15) is 10.4 Å². The summed E-state index contributed by atoms with van der Waals surface area (Å²) in [5, 5.41) is 5.35. The third kappa shape index (κ3) is 2.38. The molecule has 3 heterocycles. The third-order valence-electron chi connectivity index (χ3n) is 3.69. The predicted octanol–water partition coefficient (Wildman–Crippen LogP) is 1.98. The molecule has 1 amide bonds. The van der Waals surface area contributed by atoms with Gasteiger partial charge in [0.25, 0.3) is 0 Å². The maximum Gasteiger partial charge on any atom is 0.248 e. The van der Waals surface area contributed by atoms with E-state index in [0.717, 1.165) is 16.5 Å². The minimum atomic E-state index is -0.481. The molecule has 0 bridgehead atoms. The Morgan fingerprint density at radius 2 is 1.96 bits per heavy atom. The first kappa shape index (κ1) is 14.0. The number of hydrogen-bond donors (Lipinski definition) is 1. The molecule has 2 N–H and O–H groups in total. The number of carbonyl (C=O) groups excluding carboxylic acids is 1. The van der Waals surface area contributed by atoms with E-state index < -0.39 is 5.91 Å². The number of rotatable bonds is 3. The molecule has 0 saturated carbocycles. The van der Waals surface area contributed by atoms with Crippen molar-refractivity contribution in [2.24, 2.45) is 5.73 Å². The molecule has 0 atom stereocenters. The van der Waals surface area contributed by atoms with Gasteiger partial charge in [-0.25, -0.2) is 14.6 Å². The van der Waals surface area contributed by atoms with Gasteiger partial charge in [-0.3, -0.25) is 9.78 Å². The minimum Gasteiger partial charge on any atom is -0.366 e. The minimum absolute atomic E-state index is 0.421. The summed E-state index contributed by atoms with van der Waals surface area (Å²) in [4.78, 5) is 23.8. The molecule has 0 saturated heterocycles.